The molecule has 0 saturated carbocycles. The smallest absolute Gasteiger partial charge is 0.237 e. The first-order valence-corrected chi connectivity index (χ1v) is 8.68. The second-order valence-electron chi connectivity index (χ2n) is 5.67. The molecule has 0 aliphatic rings. The normalized spacial score (nSPS) is 12.2. The highest BCUT2D eigenvalue weighted by Crippen LogP contribution is 2.25. The van der Waals surface area contributed by atoms with E-state index in [-0.39, 0.29) is 11.2 Å². The van der Waals surface area contributed by atoms with Crippen molar-refractivity contribution in [2.24, 2.45) is 0 Å². The Morgan fingerprint density at radius 3 is 2.32 bits per heavy atom. The first kappa shape index (κ1) is 16.6. The van der Waals surface area contributed by atoms with Crippen molar-refractivity contribution in [1.82, 2.24) is 0 Å². The molecule has 0 aliphatic heterocycles. The monoisotopic (exact) mass is 313 g/mol. The summed E-state index contributed by atoms with van der Waals surface area (Å²) in [7, 11) is 0. The zero-order valence-corrected chi connectivity index (χ0v) is 14.2. The van der Waals surface area contributed by atoms with Gasteiger partial charge in [-0.25, -0.2) is 0 Å². The number of thioether (sulfide) groups is 1. The SMILES string of the molecule is CC(C)c1ccccc1NC(=O)[C@H](C)SCc1ccccc1. The lowest BCUT2D eigenvalue weighted by atomic mass is 10.0. The summed E-state index contributed by atoms with van der Waals surface area (Å²) in [5.41, 5.74) is 3.35. The van der Waals surface area contributed by atoms with Crippen molar-refractivity contribution in [1.29, 1.82) is 0 Å². The van der Waals surface area contributed by atoms with E-state index in [0.29, 0.717) is 5.92 Å². The van der Waals surface area contributed by atoms with Crippen LogP contribution in [0.3, 0.4) is 0 Å². The Bertz CT molecular complexity index is 610. The molecule has 0 spiro atoms. The van der Waals surface area contributed by atoms with Gasteiger partial charge in [-0.3, -0.25) is 4.79 Å². The minimum Gasteiger partial charge on any atom is -0.325 e. The Hall–Kier alpha value is -1.74. The third-order valence-corrected chi connectivity index (χ3v) is 4.77. The number of para-hydroxylation sites is 1. The maximum atomic E-state index is 12.4. The van der Waals surface area contributed by atoms with Gasteiger partial charge in [0.25, 0.3) is 0 Å². The Morgan fingerprint density at radius 1 is 1.00 bits per heavy atom. The van der Waals surface area contributed by atoms with Crippen LogP contribution in [0.5, 0.6) is 0 Å². The molecule has 1 amide bonds. The van der Waals surface area contributed by atoms with Gasteiger partial charge >= 0.3 is 0 Å². The van der Waals surface area contributed by atoms with E-state index in [4.69, 9.17) is 0 Å². The van der Waals surface area contributed by atoms with Gasteiger partial charge < -0.3 is 5.32 Å². The van der Waals surface area contributed by atoms with Gasteiger partial charge in [0.1, 0.15) is 0 Å². The molecule has 1 N–H and O–H groups in total. The van der Waals surface area contributed by atoms with E-state index in [1.54, 1.807) is 11.8 Å². The van der Waals surface area contributed by atoms with Crippen LogP contribution in [0.25, 0.3) is 0 Å². The first-order chi connectivity index (χ1) is 10.6. The summed E-state index contributed by atoms with van der Waals surface area (Å²) in [5, 5.41) is 2.99. The average Bonchev–Trinajstić information content (AvgIpc) is 2.53. The Morgan fingerprint density at radius 2 is 1.64 bits per heavy atom. The van der Waals surface area contributed by atoms with Gasteiger partial charge in [-0.15, -0.1) is 11.8 Å². The third kappa shape index (κ3) is 4.63. The Labute approximate surface area is 137 Å². The topological polar surface area (TPSA) is 29.1 Å². The number of anilines is 1. The van der Waals surface area contributed by atoms with Crippen molar-refractivity contribution in [3.8, 4) is 0 Å². The van der Waals surface area contributed by atoms with Crippen molar-refractivity contribution in [3.05, 3.63) is 65.7 Å². The second kappa shape index (κ2) is 8.04. The van der Waals surface area contributed by atoms with Crippen molar-refractivity contribution in [2.75, 3.05) is 5.32 Å². The standard InChI is InChI=1S/C19H23NOS/c1-14(2)17-11-7-8-12-18(17)20-19(21)15(3)22-13-16-9-5-4-6-10-16/h4-12,14-15H,13H2,1-3H3,(H,20,21)/t15-/m0/s1. The number of nitrogens with one attached hydrogen (secondary N) is 1. The molecule has 3 heteroatoms. The van der Waals surface area contributed by atoms with Gasteiger partial charge in [0.2, 0.25) is 5.91 Å². The summed E-state index contributed by atoms with van der Waals surface area (Å²) < 4.78 is 0. The molecular weight excluding hydrogens is 290 g/mol. The molecule has 0 fully saturated rings. The number of amides is 1. The predicted octanol–water partition coefficient (Wildman–Crippen LogP) is 5.07. The largest absolute Gasteiger partial charge is 0.325 e. The van der Waals surface area contributed by atoms with Gasteiger partial charge in [-0.05, 0) is 30.0 Å². The molecule has 0 aromatic heterocycles. The molecule has 22 heavy (non-hydrogen) atoms. The van der Waals surface area contributed by atoms with Crippen LogP contribution in [0.2, 0.25) is 0 Å². The zero-order valence-electron chi connectivity index (χ0n) is 13.4. The van der Waals surface area contributed by atoms with Crippen molar-refractivity contribution in [3.63, 3.8) is 0 Å². The molecule has 0 aliphatic carbocycles. The molecular formula is C19H23NOS. The second-order valence-corrected chi connectivity index (χ2v) is 7.00. The maximum Gasteiger partial charge on any atom is 0.237 e. The van der Waals surface area contributed by atoms with Crippen molar-refractivity contribution in [2.45, 2.75) is 37.7 Å². The summed E-state index contributed by atoms with van der Waals surface area (Å²) >= 11 is 1.66. The van der Waals surface area contributed by atoms with Gasteiger partial charge in [-0.2, -0.15) is 0 Å². The molecule has 0 radical (unpaired) electrons. The highest BCUT2D eigenvalue weighted by Gasteiger charge is 2.15. The maximum absolute atomic E-state index is 12.4. The van der Waals surface area contributed by atoms with Crippen LogP contribution in [0.4, 0.5) is 5.69 Å². The summed E-state index contributed by atoms with van der Waals surface area (Å²) in [6.45, 7) is 6.23. The molecule has 1 atom stereocenters. The minimum atomic E-state index is -0.0829. The number of rotatable bonds is 6. The summed E-state index contributed by atoms with van der Waals surface area (Å²) in [6, 6.07) is 18.3. The highest BCUT2D eigenvalue weighted by molar-refractivity contribution is 7.99. The quantitative estimate of drug-likeness (QED) is 0.806. The van der Waals surface area contributed by atoms with E-state index in [2.05, 4.69) is 37.4 Å². The summed E-state index contributed by atoms with van der Waals surface area (Å²) in [5.74, 6) is 1.30. The fourth-order valence-electron chi connectivity index (χ4n) is 2.22. The predicted molar refractivity (Wildman–Crippen MR) is 96.4 cm³/mol. The molecule has 2 aromatic carbocycles. The van der Waals surface area contributed by atoms with Crippen molar-refractivity contribution < 1.29 is 4.79 Å². The molecule has 0 unspecified atom stereocenters. The van der Waals surface area contributed by atoms with E-state index >= 15 is 0 Å². The Kier molecular flexibility index (Phi) is 6.08. The lowest BCUT2D eigenvalue weighted by Crippen LogP contribution is -2.23. The molecule has 0 bridgehead atoms. The van der Waals surface area contributed by atoms with E-state index in [1.807, 2.05) is 43.3 Å². The number of carbonyl (C=O) groups is 1. The molecule has 2 nitrogen and oxygen atoms in total. The van der Waals surface area contributed by atoms with Crippen LogP contribution < -0.4 is 5.32 Å². The minimum absolute atomic E-state index is 0.0639. The number of hydrogen-bond acceptors (Lipinski definition) is 2. The molecule has 2 aromatic rings. The highest BCUT2D eigenvalue weighted by atomic mass is 32.2. The molecule has 0 heterocycles. The number of hydrogen-bond donors (Lipinski definition) is 1. The molecule has 0 saturated heterocycles. The van der Waals surface area contributed by atoms with Crippen LogP contribution in [0, 0.1) is 0 Å². The third-order valence-electron chi connectivity index (χ3n) is 3.55. The van der Waals surface area contributed by atoms with Crippen LogP contribution in [0.15, 0.2) is 54.6 Å². The molecule has 116 valence electrons. The van der Waals surface area contributed by atoms with Crippen LogP contribution >= 0.6 is 11.8 Å². The van der Waals surface area contributed by atoms with E-state index < -0.39 is 0 Å². The fourth-order valence-corrected chi connectivity index (χ4v) is 3.07. The average molecular weight is 313 g/mol. The summed E-state index contributed by atoms with van der Waals surface area (Å²) in [6.07, 6.45) is 0. The lowest BCUT2D eigenvalue weighted by molar-refractivity contribution is -0.115. The zero-order chi connectivity index (χ0) is 15.9. The number of benzene rings is 2. The van der Waals surface area contributed by atoms with Crippen LogP contribution in [0.1, 0.15) is 37.8 Å². The molecule has 2 rings (SSSR count). The summed E-state index contributed by atoms with van der Waals surface area (Å²) in [4.78, 5) is 12.4. The number of carbonyl (C=O) groups excluding carboxylic acids is 1. The first-order valence-electron chi connectivity index (χ1n) is 7.63. The fraction of sp³-hybridized carbons (Fsp3) is 0.316. The van der Waals surface area contributed by atoms with E-state index in [9.17, 15) is 4.79 Å². The van der Waals surface area contributed by atoms with Crippen LogP contribution in [-0.2, 0) is 10.5 Å². The van der Waals surface area contributed by atoms with E-state index in [0.717, 1.165) is 11.4 Å². The van der Waals surface area contributed by atoms with E-state index in [1.165, 1.54) is 11.1 Å². The Balaban J connectivity index is 1.94. The van der Waals surface area contributed by atoms with Gasteiger partial charge in [-0.1, -0.05) is 62.4 Å². The van der Waals surface area contributed by atoms with Crippen molar-refractivity contribution >= 4 is 23.4 Å². The van der Waals surface area contributed by atoms with Gasteiger partial charge in [0.05, 0.1) is 5.25 Å². The van der Waals surface area contributed by atoms with Crippen LogP contribution in [-0.4, -0.2) is 11.2 Å². The van der Waals surface area contributed by atoms with Gasteiger partial charge in [0, 0.05) is 11.4 Å². The lowest BCUT2D eigenvalue weighted by Gasteiger charge is -2.16. The van der Waals surface area contributed by atoms with Gasteiger partial charge in [0.15, 0.2) is 0 Å².